The molecule has 168 valence electrons. The van der Waals surface area contributed by atoms with E-state index in [9.17, 15) is 13.4 Å². The Morgan fingerprint density at radius 1 is 1.19 bits per heavy atom. The Hall–Kier alpha value is -2.48. The maximum Gasteiger partial charge on any atom is 0.410 e. The highest BCUT2D eigenvalue weighted by atomic mass is 32.2. The molecule has 1 aliphatic rings. The monoisotopic (exact) mass is 447 g/mol. The summed E-state index contributed by atoms with van der Waals surface area (Å²) in [6, 6.07) is 7.38. The molecule has 31 heavy (non-hydrogen) atoms. The Bertz CT molecular complexity index is 965. The molecular weight excluding hydrogens is 417 g/mol. The van der Waals surface area contributed by atoms with E-state index in [0.29, 0.717) is 47.8 Å². The van der Waals surface area contributed by atoms with Gasteiger partial charge in [-0.05, 0) is 76.6 Å². The van der Waals surface area contributed by atoms with E-state index in [4.69, 9.17) is 4.74 Å². The number of benzene rings is 1. The molecule has 1 amide bonds. The lowest BCUT2D eigenvalue weighted by molar-refractivity contribution is 0.0204. The van der Waals surface area contributed by atoms with Crippen molar-refractivity contribution in [3.05, 3.63) is 53.0 Å². The molecule has 1 aromatic heterocycles. The van der Waals surface area contributed by atoms with Crippen LogP contribution in [0.4, 0.5) is 15.0 Å². The van der Waals surface area contributed by atoms with Gasteiger partial charge < -0.3 is 9.64 Å². The number of ether oxygens (including phenoxy) is 1. The molecule has 0 spiro atoms. The van der Waals surface area contributed by atoms with Gasteiger partial charge in [-0.3, -0.25) is 4.72 Å². The summed E-state index contributed by atoms with van der Waals surface area (Å²) in [5.41, 5.74) is 1.75. The van der Waals surface area contributed by atoms with E-state index >= 15 is 0 Å². The zero-order valence-electron chi connectivity index (χ0n) is 18.7. The van der Waals surface area contributed by atoms with Crippen LogP contribution in [0.1, 0.15) is 56.2 Å². The van der Waals surface area contributed by atoms with Crippen LogP contribution in [0.2, 0.25) is 0 Å². The van der Waals surface area contributed by atoms with Crippen molar-refractivity contribution < 1.29 is 18.1 Å². The third kappa shape index (κ3) is 5.81. The fourth-order valence-electron chi connectivity index (χ4n) is 3.68. The van der Waals surface area contributed by atoms with Gasteiger partial charge in [0.05, 0.1) is 11.1 Å². The van der Waals surface area contributed by atoms with Crippen LogP contribution in [0, 0.1) is 19.7 Å². The van der Waals surface area contributed by atoms with Gasteiger partial charge >= 0.3 is 6.09 Å². The summed E-state index contributed by atoms with van der Waals surface area (Å²) in [7, 11) is -1.50. The second kappa shape index (κ2) is 9.34. The number of aryl methyl sites for hydroxylation is 1. The fraction of sp³-hybridized carbons (Fsp3) is 0.478. The largest absolute Gasteiger partial charge is 0.444 e. The normalized spacial score (nSPS) is 16.1. The molecule has 0 radical (unpaired) electrons. The van der Waals surface area contributed by atoms with Crippen molar-refractivity contribution in [2.45, 2.75) is 63.9 Å². The topological polar surface area (TPSA) is 71.5 Å². The first kappa shape index (κ1) is 23.2. The highest BCUT2D eigenvalue weighted by molar-refractivity contribution is 7.86. The highest BCUT2D eigenvalue weighted by Gasteiger charge is 2.30. The number of piperidine rings is 1. The zero-order valence-corrected chi connectivity index (χ0v) is 19.5. The van der Waals surface area contributed by atoms with Crippen LogP contribution in [-0.2, 0) is 15.7 Å². The number of carbonyl (C=O) groups is 1. The van der Waals surface area contributed by atoms with Crippen LogP contribution >= 0.6 is 0 Å². The minimum absolute atomic E-state index is 0.0463. The minimum Gasteiger partial charge on any atom is -0.444 e. The number of likely N-dealkylation sites (tertiary alicyclic amines) is 1. The van der Waals surface area contributed by atoms with E-state index in [-0.39, 0.29) is 17.8 Å². The minimum atomic E-state index is -1.50. The van der Waals surface area contributed by atoms with Crippen LogP contribution < -0.4 is 4.72 Å². The van der Waals surface area contributed by atoms with E-state index in [0.717, 1.165) is 5.56 Å². The summed E-state index contributed by atoms with van der Waals surface area (Å²) in [4.78, 5) is 18.7. The number of amides is 1. The number of rotatable bonds is 4. The Balaban J connectivity index is 1.72. The van der Waals surface area contributed by atoms with Gasteiger partial charge in [0.25, 0.3) is 0 Å². The summed E-state index contributed by atoms with van der Waals surface area (Å²) >= 11 is 0. The van der Waals surface area contributed by atoms with E-state index in [1.165, 1.54) is 6.20 Å². The van der Waals surface area contributed by atoms with Crippen molar-refractivity contribution in [3.8, 4) is 0 Å². The predicted molar refractivity (Wildman–Crippen MR) is 120 cm³/mol. The number of carbonyl (C=O) groups excluding carboxylic acids is 1. The molecule has 3 rings (SSSR count). The van der Waals surface area contributed by atoms with Gasteiger partial charge in [0, 0.05) is 13.1 Å². The summed E-state index contributed by atoms with van der Waals surface area (Å²) in [6.45, 7) is 10.3. The third-order valence-corrected chi connectivity index (χ3v) is 6.38. The predicted octanol–water partition coefficient (Wildman–Crippen LogP) is 5.09. The summed E-state index contributed by atoms with van der Waals surface area (Å²) in [5, 5.41) is 0. The molecule has 1 aromatic carbocycles. The molecular formula is C23H30FN3O3S. The van der Waals surface area contributed by atoms with Gasteiger partial charge in [0.15, 0.2) is 11.0 Å². The number of halogens is 1. The molecule has 6 nitrogen and oxygen atoms in total. The Kier molecular flexibility index (Phi) is 6.99. The van der Waals surface area contributed by atoms with Crippen molar-refractivity contribution in [3.63, 3.8) is 0 Å². The lowest BCUT2D eigenvalue weighted by Gasteiger charge is -2.34. The molecule has 1 unspecified atom stereocenters. The van der Waals surface area contributed by atoms with Crippen molar-refractivity contribution in [2.75, 3.05) is 17.8 Å². The van der Waals surface area contributed by atoms with Crippen LogP contribution in [0.5, 0.6) is 0 Å². The standard InChI is InChI=1S/C23H30FN3O3S/c1-15-6-8-18(9-7-15)31(29)26-21-16(2)20(19(24)14-25-21)17-10-12-27(13-11-17)22(28)30-23(3,4)5/h6-9,14,17H,10-13H2,1-5H3,(H,25,26). The van der Waals surface area contributed by atoms with Crippen LogP contribution in [-0.4, -0.2) is 38.9 Å². The van der Waals surface area contributed by atoms with Gasteiger partial charge in [0.1, 0.15) is 17.2 Å². The number of nitrogens with one attached hydrogen (secondary N) is 1. The summed E-state index contributed by atoms with van der Waals surface area (Å²) < 4.78 is 35.8. The molecule has 2 aromatic rings. The first-order valence-electron chi connectivity index (χ1n) is 10.4. The molecule has 2 heterocycles. The van der Waals surface area contributed by atoms with E-state index in [2.05, 4.69) is 9.71 Å². The smallest absolute Gasteiger partial charge is 0.410 e. The van der Waals surface area contributed by atoms with Gasteiger partial charge in [-0.15, -0.1) is 0 Å². The number of anilines is 1. The van der Waals surface area contributed by atoms with E-state index < -0.39 is 16.6 Å². The van der Waals surface area contributed by atoms with E-state index in [1.54, 1.807) is 24.0 Å². The first-order chi connectivity index (χ1) is 14.5. The van der Waals surface area contributed by atoms with Crippen LogP contribution in [0.25, 0.3) is 0 Å². The summed E-state index contributed by atoms with van der Waals surface area (Å²) in [5.74, 6) is -0.0141. The number of aromatic nitrogens is 1. The second-order valence-electron chi connectivity index (χ2n) is 8.92. The third-order valence-electron chi connectivity index (χ3n) is 5.30. The SMILES string of the molecule is Cc1ccc(S(=O)Nc2ncc(F)c(C3CCN(C(=O)OC(C)(C)C)CC3)c2C)cc1. The van der Waals surface area contributed by atoms with Crippen LogP contribution in [0.15, 0.2) is 35.4 Å². The summed E-state index contributed by atoms with van der Waals surface area (Å²) in [6.07, 6.45) is 2.09. The molecule has 1 atom stereocenters. The lowest BCUT2D eigenvalue weighted by Crippen LogP contribution is -2.41. The maximum absolute atomic E-state index is 14.7. The molecule has 1 aliphatic heterocycles. The Morgan fingerprint density at radius 2 is 1.81 bits per heavy atom. The number of hydrogen-bond acceptors (Lipinski definition) is 4. The molecule has 1 saturated heterocycles. The molecule has 0 aliphatic carbocycles. The van der Waals surface area contributed by atoms with Gasteiger partial charge in [-0.1, -0.05) is 17.7 Å². The molecule has 1 fully saturated rings. The van der Waals surface area contributed by atoms with Crippen molar-refractivity contribution >= 4 is 22.9 Å². The lowest BCUT2D eigenvalue weighted by atomic mass is 9.87. The average Bonchev–Trinajstić information content (AvgIpc) is 2.70. The van der Waals surface area contributed by atoms with Gasteiger partial charge in [-0.2, -0.15) is 0 Å². The van der Waals surface area contributed by atoms with Gasteiger partial charge in [0.2, 0.25) is 0 Å². The van der Waals surface area contributed by atoms with Crippen molar-refractivity contribution in [1.29, 1.82) is 0 Å². The maximum atomic E-state index is 14.7. The van der Waals surface area contributed by atoms with Gasteiger partial charge in [-0.25, -0.2) is 18.4 Å². The Morgan fingerprint density at radius 3 is 2.39 bits per heavy atom. The number of pyridine rings is 1. The highest BCUT2D eigenvalue weighted by Crippen LogP contribution is 2.34. The zero-order chi connectivity index (χ0) is 22.8. The average molecular weight is 448 g/mol. The fourth-order valence-corrected chi connectivity index (χ4v) is 4.57. The van der Waals surface area contributed by atoms with Crippen LogP contribution in [0.3, 0.4) is 0 Å². The van der Waals surface area contributed by atoms with E-state index in [1.807, 2.05) is 39.8 Å². The number of nitrogens with zero attached hydrogens (tertiary/aromatic N) is 2. The molecule has 8 heteroatoms. The molecule has 0 saturated carbocycles. The number of hydrogen-bond donors (Lipinski definition) is 1. The van der Waals surface area contributed by atoms with Crippen molar-refractivity contribution in [2.24, 2.45) is 0 Å². The quantitative estimate of drug-likeness (QED) is 0.709. The Labute approximate surface area is 185 Å². The molecule has 1 N–H and O–H groups in total. The van der Waals surface area contributed by atoms with Crippen molar-refractivity contribution in [1.82, 2.24) is 9.88 Å². The second-order valence-corrected chi connectivity index (χ2v) is 10.1. The first-order valence-corrected chi connectivity index (χ1v) is 11.6. The molecule has 0 bridgehead atoms.